The van der Waals surface area contributed by atoms with E-state index in [1.807, 2.05) is 13.0 Å². The minimum Gasteiger partial charge on any atom is -0.385 e. The number of rotatable bonds is 4. The van der Waals surface area contributed by atoms with Gasteiger partial charge in [0.15, 0.2) is 11.6 Å². The van der Waals surface area contributed by atoms with E-state index in [-0.39, 0.29) is 11.6 Å². The first-order chi connectivity index (χ1) is 9.61. The number of carbonyl (C=O) groups is 1. The molecule has 1 amide bonds. The summed E-state index contributed by atoms with van der Waals surface area (Å²) >= 11 is 0. The Kier molecular flexibility index (Phi) is 4.30. The number of anilines is 2. The molecule has 20 heavy (non-hydrogen) atoms. The second kappa shape index (κ2) is 6.14. The smallest absolute Gasteiger partial charge is 0.257 e. The van der Waals surface area contributed by atoms with Crippen molar-refractivity contribution in [3.05, 3.63) is 59.7 Å². The fourth-order valence-corrected chi connectivity index (χ4v) is 1.80. The summed E-state index contributed by atoms with van der Waals surface area (Å²) in [6.45, 7) is 2.60. The summed E-state index contributed by atoms with van der Waals surface area (Å²) in [7, 11) is 0. The van der Waals surface area contributed by atoms with Crippen LogP contribution >= 0.6 is 0 Å². The average Bonchev–Trinajstić information content (AvgIpc) is 2.44. The summed E-state index contributed by atoms with van der Waals surface area (Å²) in [5.74, 6) is -2.33. The summed E-state index contributed by atoms with van der Waals surface area (Å²) in [6.07, 6.45) is 0. The highest BCUT2D eigenvalue weighted by Gasteiger charge is 2.11. The third-order valence-corrected chi connectivity index (χ3v) is 2.72. The van der Waals surface area contributed by atoms with E-state index in [1.54, 1.807) is 18.2 Å². The molecule has 0 fully saturated rings. The Morgan fingerprint density at radius 1 is 1.10 bits per heavy atom. The van der Waals surface area contributed by atoms with E-state index in [1.165, 1.54) is 6.07 Å². The molecule has 5 heteroatoms. The molecule has 2 aromatic rings. The molecule has 0 heterocycles. The summed E-state index contributed by atoms with van der Waals surface area (Å²) in [5, 5.41) is 5.61. The highest BCUT2D eigenvalue weighted by Crippen LogP contribution is 2.18. The van der Waals surface area contributed by atoms with Gasteiger partial charge >= 0.3 is 0 Å². The van der Waals surface area contributed by atoms with E-state index >= 15 is 0 Å². The number of carbonyl (C=O) groups excluding carboxylic acids is 1. The first-order valence-corrected chi connectivity index (χ1v) is 6.21. The monoisotopic (exact) mass is 276 g/mol. The van der Waals surface area contributed by atoms with Crippen molar-refractivity contribution in [3.63, 3.8) is 0 Å². The van der Waals surface area contributed by atoms with Crippen molar-refractivity contribution in [1.82, 2.24) is 0 Å². The molecule has 0 unspecified atom stereocenters. The van der Waals surface area contributed by atoms with Crippen LogP contribution in [0.5, 0.6) is 0 Å². The molecule has 0 radical (unpaired) electrons. The molecule has 3 nitrogen and oxygen atoms in total. The maximum absolute atomic E-state index is 13.1. The number of para-hydroxylation sites is 1. The van der Waals surface area contributed by atoms with Gasteiger partial charge in [-0.15, -0.1) is 0 Å². The van der Waals surface area contributed by atoms with Crippen LogP contribution in [0.2, 0.25) is 0 Å². The minimum atomic E-state index is -0.997. The predicted molar refractivity (Wildman–Crippen MR) is 74.9 cm³/mol. The second-order valence-electron chi connectivity index (χ2n) is 4.16. The number of benzene rings is 2. The SMILES string of the molecule is CCNc1ccccc1C(=O)Nc1ccc(F)c(F)c1. The summed E-state index contributed by atoms with van der Waals surface area (Å²) in [5.41, 5.74) is 1.34. The van der Waals surface area contributed by atoms with Gasteiger partial charge in [0.2, 0.25) is 0 Å². The van der Waals surface area contributed by atoms with Crippen molar-refractivity contribution in [2.24, 2.45) is 0 Å². The van der Waals surface area contributed by atoms with Gasteiger partial charge in [-0.05, 0) is 31.2 Å². The number of nitrogens with one attached hydrogen (secondary N) is 2. The lowest BCUT2D eigenvalue weighted by atomic mass is 10.1. The fraction of sp³-hybridized carbons (Fsp3) is 0.133. The zero-order chi connectivity index (χ0) is 14.5. The molecule has 0 saturated carbocycles. The van der Waals surface area contributed by atoms with Gasteiger partial charge in [-0.2, -0.15) is 0 Å². The summed E-state index contributed by atoms with van der Waals surface area (Å²) in [4.78, 5) is 12.1. The quantitative estimate of drug-likeness (QED) is 0.895. The van der Waals surface area contributed by atoms with Crippen LogP contribution in [0.15, 0.2) is 42.5 Å². The van der Waals surface area contributed by atoms with Crippen LogP contribution in [-0.2, 0) is 0 Å². The summed E-state index contributed by atoms with van der Waals surface area (Å²) < 4.78 is 25.9. The third kappa shape index (κ3) is 3.12. The van der Waals surface area contributed by atoms with Gasteiger partial charge in [-0.1, -0.05) is 12.1 Å². The topological polar surface area (TPSA) is 41.1 Å². The molecule has 0 aliphatic heterocycles. The minimum absolute atomic E-state index is 0.209. The average molecular weight is 276 g/mol. The highest BCUT2D eigenvalue weighted by atomic mass is 19.2. The Balaban J connectivity index is 2.21. The standard InChI is InChI=1S/C15H14F2N2O/c1-2-18-14-6-4-3-5-11(14)15(20)19-10-7-8-12(16)13(17)9-10/h3-9,18H,2H2,1H3,(H,19,20). The first kappa shape index (κ1) is 14.0. The van der Waals surface area contributed by atoms with Gasteiger partial charge in [-0.25, -0.2) is 8.78 Å². The van der Waals surface area contributed by atoms with Crippen molar-refractivity contribution in [1.29, 1.82) is 0 Å². The van der Waals surface area contributed by atoms with Crippen LogP contribution in [-0.4, -0.2) is 12.5 Å². The molecule has 0 aromatic heterocycles. The van der Waals surface area contributed by atoms with Crippen molar-refractivity contribution in [3.8, 4) is 0 Å². The van der Waals surface area contributed by atoms with Crippen LogP contribution < -0.4 is 10.6 Å². The van der Waals surface area contributed by atoms with Crippen LogP contribution in [0.4, 0.5) is 20.2 Å². The van der Waals surface area contributed by atoms with Gasteiger partial charge < -0.3 is 10.6 Å². The van der Waals surface area contributed by atoms with Gasteiger partial charge in [0.25, 0.3) is 5.91 Å². The van der Waals surface area contributed by atoms with Crippen LogP contribution in [0.3, 0.4) is 0 Å². The predicted octanol–water partition coefficient (Wildman–Crippen LogP) is 3.65. The van der Waals surface area contributed by atoms with Crippen molar-refractivity contribution < 1.29 is 13.6 Å². The Bertz CT molecular complexity index is 629. The Labute approximate surface area is 115 Å². The summed E-state index contributed by atoms with van der Waals surface area (Å²) in [6, 6.07) is 10.2. The lowest BCUT2D eigenvalue weighted by Gasteiger charge is -2.11. The Morgan fingerprint density at radius 3 is 2.55 bits per heavy atom. The van der Waals surface area contributed by atoms with Crippen molar-refractivity contribution >= 4 is 17.3 Å². The van der Waals surface area contributed by atoms with Crippen molar-refractivity contribution in [2.75, 3.05) is 17.2 Å². The lowest BCUT2D eigenvalue weighted by Crippen LogP contribution is -2.15. The number of hydrogen-bond acceptors (Lipinski definition) is 2. The number of halogens is 2. The largest absolute Gasteiger partial charge is 0.385 e. The van der Waals surface area contributed by atoms with Gasteiger partial charge in [0, 0.05) is 24.0 Å². The first-order valence-electron chi connectivity index (χ1n) is 6.21. The van der Waals surface area contributed by atoms with Gasteiger partial charge in [-0.3, -0.25) is 4.79 Å². The van der Waals surface area contributed by atoms with E-state index in [0.717, 1.165) is 12.1 Å². The molecule has 0 atom stereocenters. The second-order valence-corrected chi connectivity index (χ2v) is 4.16. The van der Waals surface area contributed by atoms with E-state index in [4.69, 9.17) is 0 Å². The fourth-order valence-electron chi connectivity index (χ4n) is 1.80. The zero-order valence-corrected chi connectivity index (χ0v) is 10.9. The molecule has 0 spiro atoms. The maximum Gasteiger partial charge on any atom is 0.257 e. The van der Waals surface area contributed by atoms with E-state index < -0.39 is 11.6 Å². The zero-order valence-electron chi connectivity index (χ0n) is 10.9. The molecular weight excluding hydrogens is 262 g/mol. The van der Waals surface area contributed by atoms with Crippen molar-refractivity contribution in [2.45, 2.75) is 6.92 Å². The maximum atomic E-state index is 13.1. The van der Waals surface area contributed by atoms with E-state index in [9.17, 15) is 13.6 Å². The third-order valence-electron chi connectivity index (χ3n) is 2.72. The van der Waals surface area contributed by atoms with Crippen LogP contribution in [0, 0.1) is 11.6 Å². The molecular formula is C15H14F2N2O. The molecule has 2 rings (SSSR count). The lowest BCUT2D eigenvalue weighted by molar-refractivity contribution is 0.102. The number of hydrogen-bond donors (Lipinski definition) is 2. The van der Waals surface area contributed by atoms with Gasteiger partial charge in [0.05, 0.1) is 5.56 Å². The highest BCUT2D eigenvalue weighted by molar-refractivity contribution is 6.08. The van der Waals surface area contributed by atoms with Gasteiger partial charge in [0.1, 0.15) is 0 Å². The van der Waals surface area contributed by atoms with Crippen LogP contribution in [0.25, 0.3) is 0 Å². The molecule has 2 aromatic carbocycles. The Hall–Kier alpha value is -2.43. The normalized spacial score (nSPS) is 10.2. The molecule has 0 aliphatic rings. The van der Waals surface area contributed by atoms with E-state index in [2.05, 4.69) is 10.6 Å². The van der Waals surface area contributed by atoms with E-state index in [0.29, 0.717) is 17.8 Å². The molecule has 0 saturated heterocycles. The Morgan fingerprint density at radius 2 is 1.85 bits per heavy atom. The molecule has 104 valence electrons. The molecule has 0 bridgehead atoms. The number of amides is 1. The molecule has 2 N–H and O–H groups in total. The molecule has 0 aliphatic carbocycles. The van der Waals surface area contributed by atoms with Crippen LogP contribution in [0.1, 0.15) is 17.3 Å².